The van der Waals surface area contributed by atoms with Gasteiger partial charge in [-0.05, 0) is 121 Å². The first-order chi connectivity index (χ1) is 25.1. The first-order valence-electron chi connectivity index (χ1n) is 18.7. The Morgan fingerprint density at radius 2 is 1.79 bits per heavy atom. The van der Waals surface area contributed by atoms with Gasteiger partial charge in [-0.3, -0.25) is 9.59 Å². The number of aryl methyl sites for hydroxylation is 1. The lowest BCUT2D eigenvalue weighted by Gasteiger charge is -2.39. The molecular formula is C41H60ClF4N5O2. The first kappa shape index (κ1) is 45.6. The van der Waals surface area contributed by atoms with Crippen LogP contribution >= 0.6 is 11.6 Å². The van der Waals surface area contributed by atoms with E-state index in [9.17, 15) is 27.2 Å². The van der Waals surface area contributed by atoms with Crippen LogP contribution in [0.1, 0.15) is 84.6 Å². The molecule has 0 aliphatic carbocycles. The number of amides is 1. The van der Waals surface area contributed by atoms with E-state index in [1.54, 1.807) is 24.0 Å². The minimum absolute atomic E-state index is 0.128. The van der Waals surface area contributed by atoms with Crippen molar-refractivity contribution < 1.29 is 27.2 Å². The third-order valence-corrected chi connectivity index (χ3v) is 9.81. The fourth-order valence-electron chi connectivity index (χ4n) is 6.31. The molecule has 0 aromatic heterocycles. The van der Waals surface area contributed by atoms with Crippen molar-refractivity contribution in [3.63, 3.8) is 0 Å². The highest BCUT2D eigenvalue weighted by Gasteiger charge is 2.42. The second-order valence-electron chi connectivity index (χ2n) is 13.7. The summed E-state index contributed by atoms with van der Waals surface area (Å²) in [6.07, 6.45) is 9.10. The number of ketones is 1. The van der Waals surface area contributed by atoms with Crippen molar-refractivity contribution in [3.05, 3.63) is 88.5 Å². The van der Waals surface area contributed by atoms with Crippen molar-refractivity contribution in [2.45, 2.75) is 97.7 Å². The van der Waals surface area contributed by atoms with Crippen molar-refractivity contribution in [2.24, 2.45) is 0 Å². The van der Waals surface area contributed by atoms with Gasteiger partial charge >= 0.3 is 6.18 Å². The molecule has 0 saturated carbocycles. The number of unbranched alkanes of at least 4 members (excludes halogenated alkanes) is 1. The van der Waals surface area contributed by atoms with Gasteiger partial charge in [-0.1, -0.05) is 50.3 Å². The van der Waals surface area contributed by atoms with Crippen LogP contribution in [0.25, 0.3) is 0 Å². The molecule has 2 fully saturated rings. The number of allylic oxidation sites excluding steroid dienone is 4. The summed E-state index contributed by atoms with van der Waals surface area (Å²) < 4.78 is 52.0. The highest BCUT2D eigenvalue weighted by atomic mass is 35.5. The van der Waals surface area contributed by atoms with Gasteiger partial charge in [0.1, 0.15) is 5.83 Å². The van der Waals surface area contributed by atoms with Crippen LogP contribution in [0.5, 0.6) is 0 Å². The van der Waals surface area contributed by atoms with E-state index in [0.717, 1.165) is 86.0 Å². The van der Waals surface area contributed by atoms with Gasteiger partial charge in [0, 0.05) is 55.6 Å². The van der Waals surface area contributed by atoms with Crippen molar-refractivity contribution in [3.8, 4) is 0 Å². The second-order valence-corrected chi connectivity index (χ2v) is 14.2. The molecule has 7 nitrogen and oxygen atoms in total. The van der Waals surface area contributed by atoms with Gasteiger partial charge in [-0.25, -0.2) is 4.39 Å². The average molecular weight is 766 g/mol. The molecule has 0 spiro atoms. The van der Waals surface area contributed by atoms with Gasteiger partial charge in [0.05, 0.1) is 17.4 Å². The maximum absolute atomic E-state index is 13.5. The number of anilines is 1. The van der Waals surface area contributed by atoms with E-state index in [-0.39, 0.29) is 23.1 Å². The minimum atomic E-state index is -4.31. The zero-order valence-corrected chi connectivity index (χ0v) is 33.1. The molecule has 2 N–H and O–H groups in total. The summed E-state index contributed by atoms with van der Waals surface area (Å²) in [6.45, 7) is 19.9. The number of Topliss-reactive ketones (excluding diaryl/α,β-unsaturated/α-hetero) is 1. The van der Waals surface area contributed by atoms with Crippen LogP contribution in [0.15, 0.2) is 78.0 Å². The number of hydrogen-bond acceptors (Lipinski definition) is 6. The second kappa shape index (κ2) is 23.3. The summed E-state index contributed by atoms with van der Waals surface area (Å²) in [5.74, 6) is 0.151. The number of likely N-dealkylation sites (N-methyl/N-ethyl adjacent to an activating group) is 1. The molecule has 0 radical (unpaired) electrons. The fraction of sp³-hybridized carbons (Fsp3) is 0.561. The monoisotopic (exact) mass is 765 g/mol. The van der Waals surface area contributed by atoms with Gasteiger partial charge in [0.2, 0.25) is 0 Å². The Hall–Kier alpha value is -3.57. The van der Waals surface area contributed by atoms with E-state index in [0.29, 0.717) is 32.5 Å². The first-order valence-corrected chi connectivity index (χ1v) is 19.1. The van der Waals surface area contributed by atoms with Crippen LogP contribution in [-0.4, -0.2) is 91.5 Å². The molecule has 2 saturated heterocycles. The summed E-state index contributed by atoms with van der Waals surface area (Å²) in [4.78, 5) is 28.8. The molecule has 296 valence electrons. The SMILES string of the molecule is C/C1=C(F)/C=C\CNc2ccc(Cl)cc2CC1.C/C=C(\C(C)=O)C(=O)NCCN(C)CCCC.C=C(N1CCCCC1)N1CCCC1C(=C)C(F)(F)F. The molecular weight excluding hydrogens is 706 g/mol. The summed E-state index contributed by atoms with van der Waals surface area (Å²) in [5, 5.41) is 6.74. The number of hydrogen-bond donors (Lipinski definition) is 2. The van der Waals surface area contributed by atoms with Gasteiger partial charge in [-0.2, -0.15) is 13.2 Å². The number of nitrogens with one attached hydrogen (secondary N) is 2. The van der Waals surface area contributed by atoms with Crippen molar-refractivity contribution in [1.29, 1.82) is 0 Å². The number of carbonyl (C=O) groups is 2. The van der Waals surface area contributed by atoms with Gasteiger partial charge in [0.15, 0.2) is 5.78 Å². The number of alkyl halides is 3. The van der Waals surface area contributed by atoms with Crippen molar-refractivity contribution in [1.82, 2.24) is 20.0 Å². The summed E-state index contributed by atoms with van der Waals surface area (Å²) in [5.41, 5.74) is 2.60. The lowest BCUT2D eigenvalue weighted by Crippen LogP contribution is -2.42. The third-order valence-electron chi connectivity index (χ3n) is 9.58. The molecule has 1 amide bonds. The van der Waals surface area contributed by atoms with Crippen LogP contribution in [0, 0.1) is 0 Å². The molecule has 3 aliphatic rings. The Labute approximate surface area is 319 Å². The number of likely N-dealkylation sites (tertiary alicyclic amines) is 2. The largest absolute Gasteiger partial charge is 0.414 e. The average Bonchev–Trinajstić information content (AvgIpc) is 3.61. The van der Waals surface area contributed by atoms with Crippen LogP contribution in [0.2, 0.25) is 5.02 Å². The third kappa shape index (κ3) is 15.7. The molecule has 0 bridgehead atoms. The van der Waals surface area contributed by atoms with E-state index in [2.05, 4.69) is 40.5 Å². The maximum atomic E-state index is 13.5. The van der Waals surface area contributed by atoms with Crippen LogP contribution < -0.4 is 10.6 Å². The molecule has 3 heterocycles. The highest BCUT2D eigenvalue weighted by molar-refractivity contribution is 6.30. The quantitative estimate of drug-likeness (QED) is 0.0770. The summed E-state index contributed by atoms with van der Waals surface area (Å²) in [7, 11) is 2.03. The molecule has 1 aromatic carbocycles. The molecule has 53 heavy (non-hydrogen) atoms. The minimum Gasteiger partial charge on any atom is -0.381 e. The number of fused-ring (bicyclic) bond motifs is 1. The molecule has 1 atom stereocenters. The molecule has 1 aromatic rings. The standard InChI is InChI=1S/C14H15ClFN.C14H21F3N2.C13H24N2O2/c1-10-4-5-11-9-12(15)6-7-14(11)17-8-2-3-13(10)16;1-11(14(15,16)17)13-7-6-10-19(13)12(2)18-8-4-3-5-9-18;1-5-7-9-15(4)10-8-14-13(17)12(6-2)11(3)16/h2-3,6-7,9,17H,4-5,8H2,1H3;13H,1-10H2;6H,5,7-10H2,1-4H3,(H,14,17)/b3-2-,13-10+;;12-6+. The van der Waals surface area contributed by atoms with E-state index < -0.39 is 17.8 Å². The predicted octanol–water partition coefficient (Wildman–Crippen LogP) is 9.39. The fourth-order valence-corrected chi connectivity index (χ4v) is 6.50. The van der Waals surface area contributed by atoms with E-state index in [4.69, 9.17) is 11.6 Å². The lowest BCUT2D eigenvalue weighted by atomic mass is 10.0. The number of nitrogens with zero attached hydrogens (tertiary/aromatic N) is 3. The van der Waals surface area contributed by atoms with E-state index in [1.165, 1.54) is 25.8 Å². The Balaban J connectivity index is 0.000000276. The number of rotatable bonds is 11. The van der Waals surface area contributed by atoms with Crippen LogP contribution in [0.3, 0.4) is 0 Å². The van der Waals surface area contributed by atoms with Crippen LogP contribution in [-0.2, 0) is 16.0 Å². The Morgan fingerprint density at radius 3 is 2.42 bits per heavy atom. The number of piperidine rings is 1. The smallest absolute Gasteiger partial charge is 0.381 e. The molecule has 12 heteroatoms. The Bertz CT molecular complexity index is 1470. The van der Waals surface area contributed by atoms with E-state index in [1.807, 2.05) is 32.2 Å². The number of carbonyl (C=O) groups excluding carboxylic acids is 2. The van der Waals surface area contributed by atoms with Gasteiger partial charge in [0.25, 0.3) is 5.91 Å². The van der Waals surface area contributed by atoms with E-state index >= 15 is 0 Å². The topological polar surface area (TPSA) is 67.9 Å². The zero-order valence-electron chi connectivity index (χ0n) is 32.3. The van der Waals surface area contributed by atoms with Crippen molar-refractivity contribution >= 4 is 29.0 Å². The number of benzene rings is 1. The maximum Gasteiger partial charge on any atom is 0.414 e. The summed E-state index contributed by atoms with van der Waals surface area (Å²) >= 11 is 5.98. The van der Waals surface area contributed by atoms with Gasteiger partial charge < -0.3 is 25.3 Å². The normalized spacial score (nSPS) is 19.8. The molecule has 1 unspecified atom stereocenters. The lowest BCUT2D eigenvalue weighted by molar-refractivity contribution is -0.121. The summed E-state index contributed by atoms with van der Waals surface area (Å²) in [6, 6.07) is 5.16. The highest BCUT2D eigenvalue weighted by Crippen LogP contribution is 2.36. The molecule has 4 rings (SSSR count). The number of halogens is 5. The molecule has 3 aliphatic heterocycles. The van der Waals surface area contributed by atoms with Crippen molar-refractivity contribution in [2.75, 3.05) is 58.2 Å². The van der Waals surface area contributed by atoms with Crippen LogP contribution in [0.4, 0.5) is 23.2 Å². The Kier molecular flexibility index (Phi) is 20.0. The predicted molar refractivity (Wildman–Crippen MR) is 211 cm³/mol. The Morgan fingerprint density at radius 1 is 1.09 bits per heavy atom. The van der Waals surface area contributed by atoms with Gasteiger partial charge in [-0.15, -0.1) is 0 Å². The zero-order chi connectivity index (χ0) is 39.6.